The molecule has 0 nitrogen and oxygen atoms in total. The second-order valence-corrected chi connectivity index (χ2v) is 2.83. The Kier molecular flexibility index (Phi) is 5.54. The monoisotopic (exact) mass is 171 g/mol. The van der Waals surface area contributed by atoms with Gasteiger partial charge in [0.15, 0.2) is 0 Å². The SMILES string of the molecule is [C]1=C/C/C=C/C=C\C=C\CC/C=C/1. The fourth-order valence-electron chi connectivity index (χ4n) is 1.01. The molecule has 1 aliphatic carbocycles. The van der Waals surface area contributed by atoms with Crippen LogP contribution in [0.1, 0.15) is 19.3 Å². The van der Waals surface area contributed by atoms with Crippen LogP contribution in [0.4, 0.5) is 0 Å². The van der Waals surface area contributed by atoms with E-state index < -0.39 is 0 Å². The van der Waals surface area contributed by atoms with Gasteiger partial charge in [0.2, 0.25) is 0 Å². The highest BCUT2D eigenvalue weighted by Gasteiger charge is 1.75. The van der Waals surface area contributed by atoms with Gasteiger partial charge in [0.25, 0.3) is 0 Å². The van der Waals surface area contributed by atoms with Crippen LogP contribution in [-0.2, 0) is 0 Å². The van der Waals surface area contributed by atoms with Crippen LogP contribution < -0.4 is 0 Å². The van der Waals surface area contributed by atoms with Crippen molar-refractivity contribution in [1.82, 2.24) is 0 Å². The maximum absolute atomic E-state index is 3.12. The van der Waals surface area contributed by atoms with E-state index in [4.69, 9.17) is 0 Å². The van der Waals surface area contributed by atoms with E-state index in [-0.39, 0.29) is 0 Å². The summed E-state index contributed by atoms with van der Waals surface area (Å²) < 4.78 is 0. The summed E-state index contributed by atoms with van der Waals surface area (Å²) in [5, 5.41) is 0. The molecule has 0 heteroatoms. The Balaban J connectivity index is 2.49. The number of rotatable bonds is 0. The van der Waals surface area contributed by atoms with Gasteiger partial charge in [0.1, 0.15) is 0 Å². The Hall–Kier alpha value is -1.30. The number of hydrogen-bond acceptors (Lipinski definition) is 0. The van der Waals surface area contributed by atoms with Crippen LogP contribution in [0.25, 0.3) is 0 Å². The second kappa shape index (κ2) is 7.35. The second-order valence-electron chi connectivity index (χ2n) is 2.83. The fourth-order valence-corrected chi connectivity index (χ4v) is 1.01. The Labute approximate surface area is 80.7 Å². The molecule has 0 saturated heterocycles. The molecule has 0 aromatic carbocycles. The largest absolute Gasteiger partial charge is 0.0842 e. The first-order chi connectivity index (χ1) is 6.50. The molecule has 0 unspecified atom stereocenters. The van der Waals surface area contributed by atoms with Crippen LogP contribution in [0, 0.1) is 6.08 Å². The molecule has 1 rings (SSSR count). The van der Waals surface area contributed by atoms with Crippen molar-refractivity contribution in [1.29, 1.82) is 0 Å². The molecule has 0 aliphatic heterocycles. The zero-order valence-corrected chi connectivity index (χ0v) is 7.82. The molecule has 0 aromatic rings. The van der Waals surface area contributed by atoms with Crippen LogP contribution >= 0.6 is 0 Å². The summed E-state index contributed by atoms with van der Waals surface area (Å²) in [6, 6.07) is 0. The van der Waals surface area contributed by atoms with Gasteiger partial charge in [0.05, 0.1) is 0 Å². The van der Waals surface area contributed by atoms with Gasteiger partial charge in [-0.15, -0.1) is 0 Å². The third-order valence-electron chi connectivity index (χ3n) is 1.69. The van der Waals surface area contributed by atoms with Gasteiger partial charge in [-0.2, -0.15) is 0 Å². The van der Waals surface area contributed by atoms with Crippen LogP contribution in [0.3, 0.4) is 0 Å². The van der Waals surface area contributed by atoms with Gasteiger partial charge in [-0.1, -0.05) is 54.7 Å². The normalized spacial score (nSPS) is 30.2. The maximum atomic E-state index is 3.12. The van der Waals surface area contributed by atoms with Crippen molar-refractivity contribution < 1.29 is 0 Å². The Bertz CT molecular complexity index is 249. The first kappa shape index (κ1) is 9.79. The lowest BCUT2D eigenvalue weighted by atomic mass is 10.2. The van der Waals surface area contributed by atoms with E-state index in [2.05, 4.69) is 48.6 Å². The van der Waals surface area contributed by atoms with Crippen molar-refractivity contribution in [2.45, 2.75) is 19.3 Å². The lowest BCUT2D eigenvalue weighted by Crippen LogP contribution is -1.63. The maximum Gasteiger partial charge on any atom is -0.0157 e. The summed E-state index contributed by atoms with van der Waals surface area (Å²) in [5.41, 5.74) is 0. The van der Waals surface area contributed by atoms with Crippen molar-refractivity contribution in [3.8, 4) is 0 Å². The quantitative estimate of drug-likeness (QED) is 0.520. The number of hydrogen-bond donors (Lipinski definition) is 0. The summed E-state index contributed by atoms with van der Waals surface area (Å²) in [6.07, 6.45) is 25.0. The topological polar surface area (TPSA) is 0 Å². The van der Waals surface area contributed by atoms with Crippen LogP contribution in [-0.4, -0.2) is 0 Å². The Morgan fingerprint density at radius 3 is 2.46 bits per heavy atom. The van der Waals surface area contributed by atoms with Gasteiger partial charge in [-0.05, 0) is 25.3 Å². The minimum atomic E-state index is 0.957. The van der Waals surface area contributed by atoms with Crippen LogP contribution in [0.15, 0.2) is 54.7 Å². The van der Waals surface area contributed by atoms with E-state index in [1.165, 1.54) is 0 Å². The van der Waals surface area contributed by atoms with Crippen LogP contribution in [0.5, 0.6) is 0 Å². The van der Waals surface area contributed by atoms with E-state index in [9.17, 15) is 0 Å². The van der Waals surface area contributed by atoms with Crippen LogP contribution in [0.2, 0.25) is 0 Å². The predicted molar refractivity (Wildman–Crippen MR) is 58.2 cm³/mol. The molecule has 0 heterocycles. The van der Waals surface area contributed by atoms with Gasteiger partial charge in [-0.3, -0.25) is 0 Å². The standard InChI is InChI=1S/C13H15/c1-2-4-6-8-10-12-13-11-9-7-5-3-1/h1-6,9,12-13H,7-8,10H2/b2-1-,5-3+,6-4+,11-9?,13-12+. The highest BCUT2D eigenvalue weighted by molar-refractivity contribution is 5.12. The minimum absolute atomic E-state index is 0.957. The third kappa shape index (κ3) is 5.92. The van der Waals surface area contributed by atoms with Gasteiger partial charge in [-0.25, -0.2) is 0 Å². The molecule has 1 aliphatic rings. The average molecular weight is 171 g/mol. The van der Waals surface area contributed by atoms with E-state index in [1.54, 1.807) is 0 Å². The molecular weight excluding hydrogens is 156 g/mol. The third-order valence-corrected chi connectivity index (χ3v) is 1.69. The smallest absolute Gasteiger partial charge is 0.0157 e. The molecule has 0 atom stereocenters. The summed E-state index contributed by atoms with van der Waals surface area (Å²) in [7, 11) is 0. The van der Waals surface area contributed by atoms with Crippen molar-refractivity contribution in [2.24, 2.45) is 0 Å². The minimum Gasteiger partial charge on any atom is -0.0842 e. The van der Waals surface area contributed by atoms with E-state index >= 15 is 0 Å². The summed E-state index contributed by atoms with van der Waals surface area (Å²) in [4.78, 5) is 0. The molecule has 0 bridgehead atoms. The molecule has 0 N–H and O–H groups in total. The van der Waals surface area contributed by atoms with Crippen molar-refractivity contribution in [3.63, 3.8) is 0 Å². The van der Waals surface area contributed by atoms with E-state index in [0.717, 1.165) is 19.3 Å². The molecular formula is C13H15. The molecule has 67 valence electrons. The summed E-state index contributed by atoms with van der Waals surface area (Å²) >= 11 is 0. The zero-order valence-electron chi connectivity index (χ0n) is 7.82. The number of allylic oxidation sites excluding steroid dienone is 10. The van der Waals surface area contributed by atoms with Crippen molar-refractivity contribution in [3.05, 3.63) is 60.8 Å². The molecule has 1 radical (unpaired) electrons. The molecule has 13 heavy (non-hydrogen) atoms. The van der Waals surface area contributed by atoms with Gasteiger partial charge < -0.3 is 0 Å². The molecule has 0 fully saturated rings. The molecule has 0 spiro atoms. The summed E-state index contributed by atoms with van der Waals surface area (Å²) in [5.74, 6) is 0. The van der Waals surface area contributed by atoms with E-state index in [0.29, 0.717) is 0 Å². The Morgan fingerprint density at radius 1 is 0.769 bits per heavy atom. The lowest BCUT2D eigenvalue weighted by Gasteiger charge is -1.83. The zero-order chi connectivity index (χ0) is 9.19. The first-order valence-corrected chi connectivity index (χ1v) is 4.71. The first-order valence-electron chi connectivity index (χ1n) is 4.71. The van der Waals surface area contributed by atoms with Gasteiger partial charge in [0, 0.05) is 0 Å². The van der Waals surface area contributed by atoms with Gasteiger partial charge >= 0.3 is 0 Å². The Morgan fingerprint density at radius 2 is 1.54 bits per heavy atom. The van der Waals surface area contributed by atoms with Crippen molar-refractivity contribution in [2.75, 3.05) is 0 Å². The lowest BCUT2D eigenvalue weighted by molar-refractivity contribution is 1.05. The average Bonchev–Trinajstić information content (AvgIpc) is 2.18. The molecule has 0 saturated carbocycles. The predicted octanol–water partition coefficient (Wildman–Crippen LogP) is 3.75. The molecule has 0 aromatic heterocycles. The van der Waals surface area contributed by atoms with E-state index in [1.807, 2.05) is 12.2 Å². The summed E-state index contributed by atoms with van der Waals surface area (Å²) in [6.45, 7) is 0. The fraction of sp³-hybridized carbons (Fsp3) is 0.231. The van der Waals surface area contributed by atoms with Crippen molar-refractivity contribution >= 4 is 0 Å². The highest BCUT2D eigenvalue weighted by Crippen LogP contribution is 1.95. The molecule has 0 amide bonds. The highest BCUT2D eigenvalue weighted by atomic mass is 13.8.